The highest BCUT2D eigenvalue weighted by Crippen LogP contribution is 2.44. The van der Waals surface area contributed by atoms with E-state index in [9.17, 15) is 4.79 Å². The van der Waals surface area contributed by atoms with Crippen LogP contribution in [0.2, 0.25) is 0 Å². The summed E-state index contributed by atoms with van der Waals surface area (Å²) in [6, 6.07) is 0. The molecule has 0 aromatic carbocycles. The van der Waals surface area contributed by atoms with Gasteiger partial charge in [0.05, 0.1) is 0 Å². The molecule has 0 amide bonds. The number of rotatable bonds is 1. The van der Waals surface area contributed by atoms with Crippen LogP contribution in [0.15, 0.2) is 0 Å². The molecule has 1 heteroatoms. The second kappa shape index (κ2) is 2.62. The lowest BCUT2D eigenvalue weighted by Crippen LogP contribution is -2.21. The Morgan fingerprint density at radius 1 is 1.55 bits per heavy atom. The number of hydrogen-bond acceptors (Lipinski definition) is 1. The van der Waals surface area contributed by atoms with Gasteiger partial charge in [-0.3, -0.25) is 4.79 Å². The standard InChI is InChI=1S/C10H18O/c1-5-8-9(11)7(2)6-10(8,3)4/h7-8H,5-6H2,1-4H3. The molecule has 2 atom stereocenters. The maximum absolute atomic E-state index is 11.6. The minimum Gasteiger partial charge on any atom is -0.299 e. The highest BCUT2D eigenvalue weighted by atomic mass is 16.1. The highest BCUT2D eigenvalue weighted by Gasteiger charge is 2.43. The Kier molecular flexibility index (Phi) is 2.08. The third kappa shape index (κ3) is 1.33. The van der Waals surface area contributed by atoms with Crippen LogP contribution in [0, 0.1) is 17.3 Å². The van der Waals surface area contributed by atoms with Crippen molar-refractivity contribution in [3.8, 4) is 0 Å². The van der Waals surface area contributed by atoms with E-state index in [0.717, 1.165) is 12.8 Å². The van der Waals surface area contributed by atoms with Crippen molar-refractivity contribution in [3.05, 3.63) is 0 Å². The number of Topliss-reactive ketones (excluding diaryl/α,β-unsaturated/α-hetero) is 1. The Labute approximate surface area is 69.2 Å². The summed E-state index contributed by atoms with van der Waals surface area (Å²) in [6.45, 7) is 8.59. The Hall–Kier alpha value is -0.330. The van der Waals surface area contributed by atoms with Crippen LogP contribution in [0.25, 0.3) is 0 Å². The fourth-order valence-corrected chi connectivity index (χ4v) is 2.51. The topological polar surface area (TPSA) is 17.1 Å². The molecular weight excluding hydrogens is 136 g/mol. The number of carbonyl (C=O) groups is 1. The van der Waals surface area contributed by atoms with E-state index in [1.165, 1.54) is 0 Å². The van der Waals surface area contributed by atoms with Crippen LogP contribution in [-0.4, -0.2) is 5.78 Å². The smallest absolute Gasteiger partial charge is 0.139 e. The van der Waals surface area contributed by atoms with Crippen molar-refractivity contribution in [1.29, 1.82) is 0 Å². The van der Waals surface area contributed by atoms with Gasteiger partial charge in [0.2, 0.25) is 0 Å². The van der Waals surface area contributed by atoms with Gasteiger partial charge in [-0.1, -0.05) is 27.7 Å². The van der Waals surface area contributed by atoms with E-state index >= 15 is 0 Å². The normalized spacial score (nSPS) is 36.2. The molecule has 0 aromatic heterocycles. The highest BCUT2D eigenvalue weighted by molar-refractivity contribution is 5.86. The summed E-state index contributed by atoms with van der Waals surface area (Å²) in [5.41, 5.74) is 0.255. The third-order valence-corrected chi connectivity index (χ3v) is 3.01. The number of hydrogen-bond donors (Lipinski definition) is 0. The van der Waals surface area contributed by atoms with Crippen LogP contribution in [0.5, 0.6) is 0 Å². The van der Waals surface area contributed by atoms with Crippen LogP contribution in [-0.2, 0) is 4.79 Å². The van der Waals surface area contributed by atoms with Gasteiger partial charge in [0.1, 0.15) is 5.78 Å². The summed E-state index contributed by atoms with van der Waals surface area (Å²) >= 11 is 0. The average Bonchev–Trinajstić information content (AvgIpc) is 2.03. The van der Waals surface area contributed by atoms with Gasteiger partial charge in [-0.05, 0) is 18.3 Å². The minimum absolute atomic E-state index is 0.255. The first-order valence-corrected chi connectivity index (χ1v) is 4.52. The minimum atomic E-state index is 0.255. The molecule has 11 heavy (non-hydrogen) atoms. The monoisotopic (exact) mass is 154 g/mol. The Balaban J connectivity index is 2.82. The molecule has 0 radical (unpaired) electrons. The maximum atomic E-state index is 11.6. The van der Waals surface area contributed by atoms with E-state index in [-0.39, 0.29) is 5.41 Å². The van der Waals surface area contributed by atoms with E-state index in [0.29, 0.717) is 17.6 Å². The molecule has 2 unspecified atom stereocenters. The van der Waals surface area contributed by atoms with Crippen LogP contribution in [0.1, 0.15) is 40.5 Å². The first kappa shape index (κ1) is 8.76. The average molecular weight is 154 g/mol. The van der Waals surface area contributed by atoms with Gasteiger partial charge < -0.3 is 0 Å². The van der Waals surface area contributed by atoms with E-state index in [4.69, 9.17) is 0 Å². The lowest BCUT2D eigenvalue weighted by atomic mass is 9.80. The lowest BCUT2D eigenvalue weighted by molar-refractivity contribution is -0.124. The van der Waals surface area contributed by atoms with Crippen molar-refractivity contribution in [1.82, 2.24) is 0 Å². The van der Waals surface area contributed by atoms with Crippen LogP contribution in [0.4, 0.5) is 0 Å². The van der Waals surface area contributed by atoms with Crippen molar-refractivity contribution < 1.29 is 4.79 Å². The van der Waals surface area contributed by atoms with Gasteiger partial charge in [-0.25, -0.2) is 0 Å². The summed E-state index contributed by atoms with van der Waals surface area (Å²) in [7, 11) is 0. The number of carbonyl (C=O) groups excluding carboxylic acids is 1. The molecule has 0 heterocycles. The Bertz CT molecular complexity index is 170. The first-order chi connectivity index (χ1) is 4.99. The summed E-state index contributed by atoms with van der Waals surface area (Å²) in [6.07, 6.45) is 2.08. The summed E-state index contributed by atoms with van der Waals surface area (Å²) in [4.78, 5) is 11.6. The van der Waals surface area contributed by atoms with Crippen LogP contribution in [0.3, 0.4) is 0 Å². The van der Waals surface area contributed by atoms with Crippen LogP contribution < -0.4 is 0 Å². The SMILES string of the molecule is CCC1C(=O)C(C)CC1(C)C. The summed E-state index contributed by atoms with van der Waals surface area (Å²) < 4.78 is 0. The molecule has 1 rings (SSSR count). The second-order valence-electron chi connectivity index (χ2n) is 4.46. The van der Waals surface area contributed by atoms with Crippen LogP contribution >= 0.6 is 0 Å². The predicted octanol–water partition coefficient (Wildman–Crippen LogP) is 2.65. The van der Waals surface area contributed by atoms with E-state index in [2.05, 4.69) is 27.7 Å². The van der Waals surface area contributed by atoms with E-state index in [1.54, 1.807) is 0 Å². The van der Waals surface area contributed by atoms with Gasteiger partial charge >= 0.3 is 0 Å². The molecule has 1 aliphatic rings. The molecule has 1 aliphatic carbocycles. The molecular formula is C10H18O. The zero-order valence-corrected chi connectivity index (χ0v) is 7.98. The summed E-state index contributed by atoms with van der Waals surface area (Å²) in [5, 5.41) is 0. The maximum Gasteiger partial charge on any atom is 0.139 e. The Morgan fingerprint density at radius 3 is 2.27 bits per heavy atom. The molecule has 0 spiro atoms. The number of ketones is 1. The first-order valence-electron chi connectivity index (χ1n) is 4.52. The molecule has 0 saturated heterocycles. The molecule has 0 aromatic rings. The molecule has 0 N–H and O–H groups in total. The molecule has 0 bridgehead atoms. The molecule has 0 aliphatic heterocycles. The largest absolute Gasteiger partial charge is 0.299 e. The zero-order chi connectivity index (χ0) is 8.65. The Morgan fingerprint density at radius 2 is 2.09 bits per heavy atom. The van der Waals surface area contributed by atoms with Gasteiger partial charge in [-0.2, -0.15) is 0 Å². The summed E-state index contributed by atoms with van der Waals surface area (Å²) in [5.74, 6) is 1.10. The molecule has 1 saturated carbocycles. The van der Waals surface area contributed by atoms with Crippen molar-refractivity contribution >= 4 is 5.78 Å². The second-order valence-corrected chi connectivity index (χ2v) is 4.46. The van der Waals surface area contributed by atoms with Crippen molar-refractivity contribution in [2.24, 2.45) is 17.3 Å². The molecule has 64 valence electrons. The fraction of sp³-hybridized carbons (Fsp3) is 0.900. The van der Waals surface area contributed by atoms with E-state index in [1.807, 2.05) is 0 Å². The fourth-order valence-electron chi connectivity index (χ4n) is 2.51. The van der Waals surface area contributed by atoms with Gasteiger partial charge in [0, 0.05) is 11.8 Å². The lowest BCUT2D eigenvalue weighted by Gasteiger charge is -2.23. The van der Waals surface area contributed by atoms with Crippen molar-refractivity contribution in [2.45, 2.75) is 40.5 Å². The van der Waals surface area contributed by atoms with Crippen molar-refractivity contribution in [2.75, 3.05) is 0 Å². The predicted molar refractivity (Wildman–Crippen MR) is 46.4 cm³/mol. The molecule has 1 nitrogen and oxygen atoms in total. The van der Waals surface area contributed by atoms with E-state index < -0.39 is 0 Å². The zero-order valence-electron chi connectivity index (χ0n) is 7.98. The van der Waals surface area contributed by atoms with Gasteiger partial charge in [-0.15, -0.1) is 0 Å². The molecule has 1 fully saturated rings. The quantitative estimate of drug-likeness (QED) is 0.567. The van der Waals surface area contributed by atoms with Crippen molar-refractivity contribution in [3.63, 3.8) is 0 Å². The van der Waals surface area contributed by atoms with Gasteiger partial charge in [0.15, 0.2) is 0 Å². The third-order valence-electron chi connectivity index (χ3n) is 3.01. The van der Waals surface area contributed by atoms with Gasteiger partial charge in [0.25, 0.3) is 0 Å².